The van der Waals surface area contributed by atoms with Crippen molar-refractivity contribution in [2.24, 2.45) is 0 Å². The van der Waals surface area contributed by atoms with Crippen LogP contribution in [0, 0.1) is 0 Å². The molecule has 31 heavy (non-hydrogen) atoms. The molecule has 0 amide bonds. The molecule has 2 saturated heterocycles. The van der Waals surface area contributed by atoms with E-state index in [4.69, 9.17) is 13.9 Å². The third-order valence-electron chi connectivity index (χ3n) is 6.75. The highest BCUT2D eigenvalue weighted by atomic mass is 28.4. The first-order valence-corrected chi connectivity index (χ1v) is 13.2. The Labute approximate surface area is 187 Å². The van der Waals surface area contributed by atoms with Crippen molar-refractivity contribution >= 4 is 24.5 Å². The van der Waals surface area contributed by atoms with Gasteiger partial charge in [0.15, 0.2) is 5.78 Å². The average Bonchev–Trinajstić information content (AvgIpc) is 2.76. The van der Waals surface area contributed by atoms with Gasteiger partial charge in [-0.15, -0.1) is 0 Å². The maximum Gasteiger partial charge on any atom is 0.261 e. The van der Waals surface area contributed by atoms with Gasteiger partial charge in [0.1, 0.15) is 5.60 Å². The maximum absolute atomic E-state index is 13.1. The van der Waals surface area contributed by atoms with Crippen LogP contribution >= 0.6 is 0 Å². The zero-order valence-corrected chi connectivity index (χ0v) is 20.1. The Morgan fingerprint density at radius 1 is 1.00 bits per heavy atom. The second kappa shape index (κ2) is 8.62. The summed E-state index contributed by atoms with van der Waals surface area (Å²) in [6.45, 7) is 9.61. The van der Waals surface area contributed by atoms with Gasteiger partial charge in [-0.25, -0.2) is 0 Å². The molecule has 0 aliphatic carbocycles. The SMILES string of the molecule is CC(C)(C)[Si](OC[C@@]1(C)O[C@H]2CCCO[C@@H]2CC1=O)(c1ccccc1)c1ccccc1. The van der Waals surface area contributed by atoms with Gasteiger partial charge in [-0.05, 0) is 35.2 Å². The molecule has 2 aromatic carbocycles. The lowest BCUT2D eigenvalue weighted by atomic mass is 9.88. The number of carbonyl (C=O) groups is 1. The number of ether oxygens (including phenoxy) is 2. The van der Waals surface area contributed by atoms with E-state index in [2.05, 4.69) is 69.3 Å². The number of hydrogen-bond donors (Lipinski definition) is 0. The Bertz CT molecular complexity index is 853. The Balaban J connectivity index is 1.71. The first kappa shape index (κ1) is 22.4. The van der Waals surface area contributed by atoms with Crippen molar-refractivity contribution < 1.29 is 18.7 Å². The normalized spacial score (nSPS) is 27.0. The molecule has 166 valence electrons. The largest absolute Gasteiger partial charge is 0.404 e. The van der Waals surface area contributed by atoms with Crippen LogP contribution in [0.5, 0.6) is 0 Å². The summed E-state index contributed by atoms with van der Waals surface area (Å²) in [4.78, 5) is 13.1. The van der Waals surface area contributed by atoms with Gasteiger partial charge in [0.05, 0.1) is 18.8 Å². The van der Waals surface area contributed by atoms with Gasteiger partial charge in [0, 0.05) is 13.0 Å². The molecule has 2 aromatic rings. The quantitative estimate of drug-likeness (QED) is 0.665. The molecule has 0 radical (unpaired) electrons. The fraction of sp³-hybridized carbons (Fsp3) is 0.500. The van der Waals surface area contributed by atoms with Crippen molar-refractivity contribution in [3.8, 4) is 0 Å². The van der Waals surface area contributed by atoms with Gasteiger partial charge in [-0.1, -0.05) is 81.4 Å². The molecule has 4 nitrogen and oxygen atoms in total. The summed E-state index contributed by atoms with van der Waals surface area (Å²) in [6.07, 6.45) is 2.18. The summed E-state index contributed by atoms with van der Waals surface area (Å²) < 4.78 is 19.2. The summed E-state index contributed by atoms with van der Waals surface area (Å²) in [5.74, 6) is 0.0774. The fourth-order valence-electron chi connectivity index (χ4n) is 5.06. The number of Topliss-reactive ketones (excluding diaryl/α,β-unsaturated/α-hetero) is 1. The van der Waals surface area contributed by atoms with Crippen LogP contribution in [0.3, 0.4) is 0 Å². The van der Waals surface area contributed by atoms with Crippen molar-refractivity contribution in [2.45, 2.75) is 69.8 Å². The van der Waals surface area contributed by atoms with Gasteiger partial charge in [-0.3, -0.25) is 4.79 Å². The van der Waals surface area contributed by atoms with Crippen molar-refractivity contribution in [1.29, 1.82) is 0 Å². The Morgan fingerprint density at radius 2 is 1.58 bits per heavy atom. The highest BCUT2D eigenvalue weighted by Gasteiger charge is 2.53. The highest BCUT2D eigenvalue weighted by Crippen LogP contribution is 2.39. The monoisotopic (exact) mass is 438 g/mol. The third kappa shape index (κ3) is 4.16. The molecule has 3 atom stereocenters. The van der Waals surface area contributed by atoms with E-state index in [1.807, 2.05) is 19.1 Å². The zero-order chi connectivity index (χ0) is 22.1. The molecule has 0 aromatic heterocycles. The number of fused-ring (bicyclic) bond motifs is 1. The van der Waals surface area contributed by atoms with E-state index in [1.54, 1.807) is 0 Å². The van der Waals surface area contributed by atoms with Crippen LogP contribution in [0.4, 0.5) is 0 Å². The summed E-state index contributed by atoms with van der Waals surface area (Å²) in [5, 5.41) is 2.28. The maximum atomic E-state index is 13.1. The zero-order valence-electron chi connectivity index (χ0n) is 19.1. The Hall–Kier alpha value is -1.79. The summed E-state index contributed by atoms with van der Waals surface area (Å²) in [7, 11) is -2.72. The molecular formula is C26H34O4Si. The van der Waals surface area contributed by atoms with Gasteiger partial charge in [-0.2, -0.15) is 0 Å². The molecule has 0 bridgehead atoms. The van der Waals surface area contributed by atoms with E-state index in [9.17, 15) is 4.79 Å². The van der Waals surface area contributed by atoms with Crippen LogP contribution in [0.1, 0.15) is 47.0 Å². The van der Waals surface area contributed by atoms with Crippen LogP contribution < -0.4 is 10.4 Å². The van der Waals surface area contributed by atoms with Crippen LogP contribution in [-0.4, -0.2) is 45.1 Å². The molecule has 0 N–H and O–H groups in total. The summed E-state index contributed by atoms with van der Waals surface area (Å²) in [5.41, 5.74) is -0.949. The number of ketones is 1. The number of benzene rings is 2. The Morgan fingerprint density at radius 3 is 2.13 bits per heavy atom. The van der Waals surface area contributed by atoms with E-state index in [0.717, 1.165) is 12.8 Å². The van der Waals surface area contributed by atoms with Crippen LogP contribution in [-0.2, 0) is 18.7 Å². The van der Waals surface area contributed by atoms with Crippen LogP contribution in [0.2, 0.25) is 5.04 Å². The minimum absolute atomic E-state index is 0.0285. The van der Waals surface area contributed by atoms with E-state index in [0.29, 0.717) is 13.0 Å². The molecular weight excluding hydrogens is 404 g/mol. The van der Waals surface area contributed by atoms with Gasteiger partial charge in [0.2, 0.25) is 0 Å². The van der Waals surface area contributed by atoms with Crippen molar-refractivity contribution in [2.75, 3.05) is 13.2 Å². The highest BCUT2D eigenvalue weighted by molar-refractivity contribution is 6.99. The first-order chi connectivity index (χ1) is 14.8. The lowest BCUT2D eigenvalue weighted by Crippen LogP contribution is -2.68. The molecule has 2 aliphatic rings. The molecule has 5 heteroatoms. The topological polar surface area (TPSA) is 44.8 Å². The van der Waals surface area contributed by atoms with Gasteiger partial charge < -0.3 is 13.9 Å². The molecule has 2 fully saturated rings. The van der Waals surface area contributed by atoms with Gasteiger partial charge >= 0.3 is 0 Å². The number of rotatable bonds is 5. The van der Waals surface area contributed by atoms with Crippen LogP contribution in [0.15, 0.2) is 60.7 Å². The molecule has 0 spiro atoms. The van der Waals surface area contributed by atoms with Crippen molar-refractivity contribution in [1.82, 2.24) is 0 Å². The van der Waals surface area contributed by atoms with Crippen molar-refractivity contribution in [3.63, 3.8) is 0 Å². The minimum atomic E-state index is -2.72. The van der Waals surface area contributed by atoms with E-state index in [1.165, 1.54) is 10.4 Å². The van der Waals surface area contributed by atoms with E-state index in [-0.39, 0.29) is 29.6 Å². The molecule has 4 rings (SSSR count). The molecule has 0 unspecified atom stereocenters. The van der Waals surface area contributed by atoms with Crippen molar-refractivity contribution in [3.05, 3.63) is 60.7 Å². The second-order valence-corrected chi connectivity index (χ2v) is 14.3. The predicted molar refractivity (Wildman–Crippen MR) is 125 cm³/mol. The Kier molecular flexibility index (Phi) is 6.23. The summed E-state index contributed by atoms with van der Waals surface area (Å²) >= 11 is 0. The molecule has 2 aliphatic heterocycles. The smallest absolute Gasteiger partial charge is 0.261 e. The lowest BCUT2D eigenvalue weighted by molar-refractivity contribution is -0.206. The average molecular weight is 439 g/mol. The van der Waals surface area contributed by atoms with Crippen LogP contribution in [0.25, 0.3) is 0 Å². The van der Waals surface area contributed by atoms with E-state index < -0.39 is 13.9 Å². The number of hydrogen-bond acceptors (Lipinski definition) is 4. The second-order valence-electron chi connectivity index (χ2n) is 10.0. The standard InChI is InChI=1S/C26H34O4Si/c1-25(2,3)31(20-12-7-5-8-13-20,21-14-9-6-10-15-21)29-19-26(4)24(27)18-23-22(30-26)16-11-17-28-23/h5-10,12-15,22-23H,11,16-19H2,1-4H3/t22-,23+,26+/m0/s1. The van der Waals surface area contributed by atoms with E-state index >= 15 is 0 Å². The lowest BCUT2D eigenvalue weighted by Gasteiger charge is -2.47. The molecule has 0 saturated carbocycles. The van der Waals surface area contributed by atoms with Gasteiger partial charge in [0.25, 0.3) is 8.32 Å². The third-order valence-corrected chi connectivity index (χ3v) is 11.7. The predicted octanol–water partition coefficient (Wildman–Crippen LogP) is 3.86. The molecule has 2 heterocycles. The summed E-state index contributed by atoms with van der Waals surface area (Å²) in [6, 6.07) is 21.0. The minimum Gasteiger partial charge on any atom is -0.404 e. The number of carbonyl (C=O) groups excluding carboxylic acids is 1. The fourth-order valence-corrected chi connectivity index (χ4v) is 9.71. The first-order valence-electron chi connectivity index (χ1n) is 11.3.